The minimum absolute atomic E-state index is 0.167. The van der Waals surface area contributed by atoms with Crippen molar-refractivity contribution >= 4 is 17.0 Å². The van der Waals surface area contributed by atoms with Crippen molar-refractivity contribution < 1.29 is 14.6 Å². The van der Waals surface area contributed by atoms with Crippen molar-refractivity contribution in [2.45, 2.75) is 26.2 Å². The van der Waals surface area contributed by atoms with Crippen LogP contribution in [0.5, 0.6) is 5.88 Å². The molecule has 1 N–H and O–H groups in total. The van der Waals surface area contributed by atoms with Gasteiger partial charge in [0.15, 0.2) is 5.65 Å². The van der Waals surface area contributed by atoms with E-state index in [-0.39, 0.29) is 11.0 Å². The van der Waals surface area contributed by atoms with Crippen LogP contribution in [0.15, 0.2) is 30.9 Å². The molecule has 0 spiro atoms. The van der Waals surface area contributed by atoms with Gasteiger partial charge in [-0.15, -0.1) is 0 Å². The molecule has 0 amide bonds. The number of nitrogens with zero attached hydrogens (tertiary/aromatic N) is 4. The molecule has 0 fully saturated rings. The van der Waals surface area contributed by atoms with E-state index in [0.717, 1.165) is 10.9 Å². The molecule has 7 nitrogen and oxygen atoms in total. The van der Waals surface area contributed by atoms with Crippen LogP contribution < -0.4 is 4.74 Å². The Morgan fingerprint density at radius 3 is 2.62 bits per heavy atom. The summed E-state index contributed by atoms with van der Waals surface area (Å²) >= 11 is 0. The molecule has 3 rings (SSSR count). The second-order valence-electron chi connectivity index (χ2n) is 6.45. The first-order valence-corrected chi connectivity index (χ1v) is 7.43. The summed E-state index contributed by atoms with van der Waals surface area (Å²) in [5, 5.41) is 10.0. The monoisotopic (exact) mass is 326 g/mol. The molecule has 0 saturated heterocycles. The average Bonchev–Trinajstić information content (AvgIpc) is 2.94. The van der Waals surface area contributed by atoms with Gasteiger partial charge in [0.25, 0.3) is 0 Å². The van der Waals surface area contributed by atoms with Crippen LogP contribution in [0.1, 0.15) is 36.7 Å². The molecule has 0 radical (unpaired) electrons. The number of hydrogen-bond acceptors (Lipinski definition) is 5. The maximum atomic E-state index is 11.2. The second-order valence-corrected chi connectivity index (χ2v) is 6.45. The summed E-state index contributed by atoms with van der Waals surface area (Å²) < 4.78 is 7.17. The summed E-state index contributed by atoms with van der Waals surface area (Å²) in [6, 6.07) is 2.97. The molecule has 3 aromatic heterocycles. The first-order chi connectivity index (χ1) is 11.3. The average molecular weight is 326 g/mol. The standard InChI is InChI=1S/C17H18N4O3/c1-17(2,3)11-8-21(12-7-10(16(22)23)5-6-18-12)14-13(11)15(24-4)20-9-19-14/h5-9H,1-4H3,(H,22,23). The number of aromatic carboxylic acids is 1. The number of carboxylic acid groups (broad SMARTS) is 1. The van der Waals surface area contributed by atoms with Gasteiger partial charge in [-0.3, -0.25) is 4.57 Å². The highest BCUT2D eigenvalue weighted by Gasteiger charge is 2.25. The lowest BCUT2D eigenvalue weighted by Crippen LogP contribution is -2.10. The number of carbonyl (C=O) groups is 1. The third kappa shape index (κ3) is 2.58. The molecule has 0 atom stereocenters. The fourth-order valence-corrected chi connectivity index (χ4v) is 2.62. The minimum Gasteiger partial charge on any atom is -0.480 e. The fraction of sp³-hybridized carbons (Fsp3) is 0.294. The van der Waals surface area contributed by atoms with Crippen LogP contribution >= 0.6 is 0 Å². The Morgan fingerprint density at radius 1 is 1.25 bits per heavy atom. The summed E-state index contributed by atoms with van der Waals surface area (Å²) in [6.07, 6.45) is 4.81. The molecular formula is C17H18N4O3. The summed E-state index contributed by atoms with van der Waals surface area (Å²) in [4.78, 5) is 24.1. The van der Waals surface area contributed by atoms with Gasteiger partial charge in [0.2, 0.25) is 5.88 Å². The quantitative estimate of drug-likeness (QED) is 0.796. The number of aromatic nitrogens is 4. The highest BCUT2D eigenvalue weighted by Crippen LogP contribution is 2.36. The van der Waals surface area contributed by atoms with Crippen molar-refractivity contribution in [1.82, 2.24) is 19.5 Å². The van der Waals surface area contributed by atoms with Crippen molar-refractivity contribution in [2.24, 2.45) is 0 Å². The van der Waals surface area contributed by atoms with Gasteiger partial charge in [-0.2, -0.15) is 0 Å². The van der Waals surface area contributed by atoms with Crippen LogP contribution in [-0.4, -0.2) is 37.7 Å². The Morgan fingerprint density at radius 2 is 2.00 bits per heavy atom. The van der Waals surface area contributed by atoms with Gasteiger partial charge >= 0.3 is 5.97 Å². The van der Waals surface area contributed by atoms with E-state index in [1.165, 1.54) is 24.7 Å². The molecule has 0 aliphatic rings. The lowest BCUT2D eigenvalue weighted by atomic mass is 9.87. The largest absolute Gasteiger partial charge is 0.480 e. The predicted octanol–water partition coefficient (Wildman–Crippen LogP) is 2.82. The zero-order valence-electron chi connectivity index (χ0n) is 13.9. The van der Waals surface area contributed by atoms with E-state index in [1.54, 1.807) is 11.7 Å². The number of rotatable bonds is 3. The van der Waals surface area contributed by atoms with Gasteiger partial charge in [0, 0.05) is 12.4 Å². The molecule has 3 heterocycles. The fourth-order valence-electron chi connectivity index (χ4n) is 2.62. The van der Waals surface area contributed by atoms with Crippen LogP contribution in [0.4, 0.5) is 0 Å². The molecule has 24 heavy (non-hydrogen) atoms. The van der Waals surface area contributed by atoms with Crippen LogP contribution in [0, 0.1) is 0 Å². The van der Waals surface area contributed by atoms with Gasteiger partial charge in [0.05, 0.1) is 18.1 Å². The Kier molecular flexibility index (Phi) is 3.71. The molecule has 0 aliphatic carbocycles. The lowest BCUT2D eigenvalue weighted by molar-refractivity contribution is 0.0696. The van der Waals surface area contributed by atoms with E-state index in [4.69, 9.17) is 4.74 Å². The summed E-state index contributed by atoms with van der Waals surface area (Å²) in [7, 11) is 1.56. The molecule has 0 unspecified atom stereocenters. The van der Waals surface area contributed by atoms with Crippen molar-refractivity contribution in [3.8, 4) is 11.7 Å². The van der Waals surface area contributed by atoms with Gasteiger partial charge < -0.3 is 9.84 Å². The number of ether oxygens (including phenoxy) is 1. The Balaban J connectivity index is 2.34. The molecule has 0 aromatic carbocycles. The number of hydrogen-bond donors (Lipinski definition) is 1. The summed E-state index contributed by atoms with van der Waals surface area (Å²) in [5.74, 6) is -0.0346. The first-order valence-electron chi connectivity index (χ1n) is 7.43. The minimum atomic E-state index is -1.00. The Hall–Kier alpha value is -2.96. The van der Waals surface area contributed by atoms with Gasteiger partial charge in [-0.05, 0) is 23.1 Å². The Bertz CT molecular complexity index is 925. The predicted molar refractivity (Wildman–Crippen MR) is 88.9 cm³/mol. The SMILES string of the molecule is COc1ncnc2c1c(C(C)(C)C)cn2-c1cc(C(=O)O)ccn1. The number of carboxylic acids is 1. The third-order valence-electron chi connectivity index (χ3n) is 3.79. The van der Waals surface area contributed by atoms with Gasteiger partial charge in [-0.25, -0.2) is 19.7 Å². The topological polar surface area (TPSA) is 90.1 Å². The van der Waals surface area contributed by atoms with E-state index >= 15 is 0 Å². The number of methoxy groups -OCH3 is 1. The smallest absolute Gasteiger partial charge is 0.335 e. The molecule has 0 saturated carbocycles. The van der Waals surface area contributed by atoms with E-state index in [1.807, 2.05) is 6.20 Å². The van der Waals surface area contributed by atoms with Crippen molar-refractivity contribution in [3.05, 3.63) is 42.0 Å². The third-order valence-corrected chi connectivity index (χ3v) is 3.79. The summed E-state index contributed by atoms with van der Waals surface area (Å²) in [5.41, 5.74) is 1.62. The maximum Gasteiger partial charge on any atom is 0.335 e. The molecule has 0 aliphatic heterocycles. The molecule has 0 bridgehead atoms. The zero-order valence-corrected chi connectivity index (χ0v) is 13.9. The zero-order chi connectivity index (χ0) is 17.5. The van der Waals surface area contributed by atoms with Crippen molar-refractivity contribution in [2.75, 3.05) is 7.11 Å². The van der Waals surface area contributed by atoms with E-state index < -0.39 is 5.97 Å². The molecule has 7 heteroatoms. The maximum absolute atomic E-state index is 11.2. The van der Waals surface area contributed by atoms with Crippen molar-refractivity contribution in [3.63, 3.8) is 0 Å². The van der Waals surface area contributed by atoms with Crippen LogP contribution in [0.2, 0.25) is 0 Å². The Labute approximate surface area is 139 Å². The first kappa shape index (κ1) is 15.9. The number of fused-ring (bicyclic) bond motifs is 1. The molecular weight excluding hydrogens is 308 g/mol. The van der Waals surface area contributed by atoms with Crippen molar-refractivity contribution in [1.29, 1.82) is 0 Å². The van der Waals surface area contributed by atoms with Crippen LogP contribution in [0.25, 0.3) is 16.9 Å². The molecule has 124 valence electrons. The van der Waals surface area contributed by atoms with Crippen LogP contribution in [0.3, 0.4) is 0 Å². The lowest BCUT2D eigenvalue weighted by Gasteiger charge is -2.17. The highest BCUT2D eigenvalue weighted by atomic mass is 16.5. The second kappa shape index (κ2) is 5.59. The van der Waals surface area contributed by atoms with E-state index in [0.29, 0.717) is 17.3 Å². The number of pyridine rings is 1. The summed E-state index contributed by atoms with van der Waals surface area (Å²) in [6.45, 7) is 6.25. The van der Waals surface area contributed by atoms with Gasteiger partial charge in [0.1, 0.15) is 12.1 Å². The van der Waals surface area contributed by atoms with E-state index in [9.17, 15) is 9.90 Å². The van der Waals surface area contributed by atoms with Crippen LogP contribution in [-0.2, 0) is 5.41 Å². The van der Waals surface area contributed by atoms with E-state index in [2.05, 4.69) is 35.7 Å². The normalized spacial score (nSPS) is 11.7. The molecule has 3 aromatic rings. The van der Waals surface area contributed by atoms with Gasteiger partial charge in [-0.1, -0.05) is 20.8 Å². The highest BCUT2D eigenvalue weighted by molar-refractivity contribution is 5.89.